The second-order valence-corrected chi connectivity index (χ2v) is 6.64. The fourth-order valence-corrected chi connectivity index (χ4v) is 2.79. The zero-order valence-corrected chi connectivity index (χ0v) is 14.6. The summed E-state index contributed by atoms with van der Waals surface area (Å²) in [6.45, 7) is 5.81. The van der Waals surface area contributed by atoms with Crippen molar-refractivity contribution in [3.8, 4) is 29.7 Å². The van der Waals surface area contributed by atoms with Crippen LogP contribution in [0.1, 0.15) is 59.9 Å². The molecule has 0 radical (unpaired) electrons. The Kier molecular flexibility index (Phi) is 4.33. The van der Waals surface area contributed by atoms with Crippen LogP contribution in [0.5, 0.6) is 0 Å². The summed E-state index contributed by atoms with van der Waals surface area (Å²) in [6.07, 6.45) is 7.46. The number of carbonyl (C=O) groups excluding carboxylic acids is 1. The van der Waals surface area contributed by atoms with Gasteiger partial charge < -0.3 is 5.32 Å². The SMILES string of the molecule is C#Cc1ccc(-c2nn(C(C)C)c(C(=O)NC3CC3)c2C#N)cc1C. The number of amides is 1. The summed E-state index contributed by atoms with van der Waals surface area (Å²) in [4.78, 5) is 12.7. The maximum atomic E-state index is 12.7. The van der Waals surface area contributed by atoms with Crippen LogP contribution >= 0.6 is 0 Å². The number of terminal acetylenes is 1. The molecule has 1 N–H and O–H groups in total. The molecule has 0 spiro atoms. The molecular formula is C20H20N4O. The number of benzene rings is 1. The standard InChI is InChI=1S/C20H20N4O/c1-5-14-6-7-15(10-13(14)4)18-17(11-21)19(24(23-18)12(2)3)20(25)22-16-8-9-16/h1,6-7,10,12,16H,8-9H2,2-4H3,(H,22,25). The van der Waals surface area contributed by atoms with E-state index < -0.39 is 0 Å². The van der Waals surface area contributed by atoms with Crippen molar-refractivity contribution in [2.75, 3.05) is 0 Å². The van der Waals surface area contributed by atoms with Crippen LogP contribution in [0.15, 0.2) is 18.2 Å². The van der Waals surface area contributed by atoms with Crippen molar-refractivity contribution in [1.29, 1.82) is 5.26 Å². The largest absolute Gasteiger partial charge is 0.348 e. The van der Waals surface area contributed by atoms with E-state index in [1.807, 2.05) is 39.0 Å². The van der Waals surface area contributed by atoms with Gasteiger partial charge in [-0.25, -0.2) is 0 Å². The first-order chi connectivity index (χ1) is 12.0. The van der Waals surface area contributed by atoms with E-state index in [2.05, 4.69) is 22.4 Å². The van der Waals surface area contributed by atoms with Gasteiger partial charge in [-0.2, -0.15) is 10.4 Å². The summed E-state index contributed by atoms with van der Waals surface area (Å²) in [6, 6.07) is 7.95. The molecule has 1 amide bonds. The smallest absolute Gasteiger partial charge is 0.271 e. The van der Waals surface area contributed by atoms with Crippen LogP contribution in [-0.4, -0.2) is 21.7 Å². The third kappa shape index (κ3) is 3.14. The van der Waals surface area contributed by atoms with Gasteiger partial charge in [0.05, 0.1) is 0 Å². The van der Waals surface area contributed by atoms with Crippen LogP contribution in [0.4, 0.5) is 0 Å². The molecule has 0 atom stereocenters. The van der Waals surface area contributed by atoms with Crippen LogP contribution in [0.2, 0.25) is 0 Å². The quantitative estimate of drug-likeness (QED) is 0.874. The van der Waals surface area contributed by atoms with E-state index in [-0.39, 0.29) is 18.0 Å². The molecule has 1 aromatic heterocycles. The topological polar surface area (TPSA) is 70.7 Å². The molecule has 25 heavy (non-hydrogen) atoms. The minimum absolute atomic E-state index is 0.0353. The molecule has 0 unspecified atom stereocenters. The van der Waals surface area contributed by atoms with E-state index in [9.17, 15) is 10.1 Å². The molecule has 0 saturated heterocycles. The van der Waals surface area contributed by atoms with Crippen molar-refractivity contribution >= 4 is 5.91 Å². The average molecular weight is 332 g/mol. The van der Waals surface area contributed by atoms with Gasteiger partial charge in [-0.05, 0) is 51.3 Å². The highest BCUT2D eigenvalue weighted by atomic mass is 16.2. The van der Waals surface area contributed by atoms with Crippen molar-refractivity contribution in [3.63, 3.8) is 0 Å². The second kappa shape index (κ2) is 6.45. The molecule has 5 heteroatoms. The van der Waals surface area contributed by atoms with E-state index in [0.717, 1.165) is 29.5 Å². The first kappa shape index (κ1) is 16.8. The van der Waals surface area contributed by atoms with Gasteiger partial charge in [0.2, 0.25) is 0 Å². The minimum Gasteiger partial charge on any atom is -0.348 e. The van der Waals surface area contributed by atoms with Crippen molar-refractivity contribution in [2.24, 2.45) is 0 Å². The lowest BCUT2D eigenvalue weighted by Crippen LogP contribution is -2.29. The van der Waals surface area contributed by atoms with Gasteiger partial charge >= 0.3 is 0 Å². The molecule has 1 fully saturated rings. The maximum Gasteiger partial charge on any atom is 0.271 e. The number of nitriles is 1. The first-order valence-corrected chi connectivity index (χ1v) is 8.37. The Labute approximate surface area is 147 Å². The molecule has 126 valence electrons. The Morgan fingerprint density at radius 1 is 1.44 bits per heavy atom. The number of rotatable bonds is 4. The Hall–Kier alpha value is -3.05. The van der Waals surface area contributed by atoms with Crippen LogP contribution in [0, 0.1) is 30.6 Å². The number of nitrogens with one attached hydrogen (secondary N) is 1. The van der Waals surface area contributed by atoms with Gasteiger partial charge in [0.15, 0.2) is 0 Å². The summed E-state index contributed by atoms with van der Waals surface area (Å²) < 4.78 is 1.63. The zero-order valence-electron chi connectivity index (χ0n) is 14.6. The molecule has 2 aromatic rings. The van der Waals surface area contributed by atoms with Crippen molar-refractivity contribution < 1.29 is 4.79 Å². The number of aromatic nitrogens is 2. The van der Waals surface area contributed by atoms with Gasteiger partial charge in [-0.15, -0.1) is 6.42 Å². The van der Waals surface area contributed by atoms with E-state index in [0.29, 0.717) is 17.0 Å². The number of carbonyl (C=O) groups is 1. The normalized spacial score (nSPS) is 13.4. The number of hydrogen-bond donors (Lipinski definition) is 1. The predicted octanol–water partition coefficient (Wildman–Crippen LogP) is 3.18. The lowest BCUT2D eigenvalue weighted by atomic mass is 10.0. The molecule has 0 bridgehead atoms. The molecule has 1 aromatic carbocycles. The van der Waals surface area contributed by atoms with Crippen LogP contribution in [0.25, 0.3) is 11.3 Å². The van der Waals surface area contributed by atoms with Gasteiger partial charge in [-0.1, -0.05) is 12.0 Å². The third-order valence-electron chi connectivity index (χ3n) is 4.29. The van der Waals surface area contributed by atoms with Gasteiger partial charge in [0.1, 0.15) is 23.0 Å². The monoisotopic (exact) mass is 332 g/mol. The molecule has 1 saturated carbocycles. The van der Waals surface area contributed by atoms with Crippen molar-refractivity contribution in [3.05, 3.63) is 40.6 Å². The van der Waals surface area contributed by atoms with E-state index in [4.69, 9.17) is 6.42 Å². The van der Waals surface area contributed by atoms with Crippen LogP contribution in [-0.2, 0) is 0 Å². The van der Waals surface area contributed by atoms with Crippen molar-refractivity contribution in [2.45, 2.75) is 45.7 Å². The molecule has 5 nitrogen and oxygen atoms in total. The maximum absolute atomic E-state index is 12.7. The lowest BCUT2D eigenvalue weighted by Gasteiger charge is -2.10. The Bertz CT molecular complexity index is 920. The first-order valence-electron chi connectivity index (χ1n) is 8.37. The third-order valence-corrected chi connectivity index (χ3v) is 4.29. The molecule has 3 rings (SSSR count). The Balaban J connectivity index is 2.14. The highest BCUT2D eigenvalue weighted by Gasteiger charge is 2.30. The Morgan fingerprint density at radius 2 is 2.16 bits per heavy atom. The number of nitrogens with zero attached hydrogens (tertiary/aromatic N) is 3. The van der Waals surface area contributed by atoms with Crippen LogP contribution in [0.3, 0.4) is 0 Å². The highest BCUT2D eigenvalue weighted by molar-refractivity contribution is 5.97. The van der Waals surface area contributed by atoms with Gasteiger partial charge in [0.25, 0.3) is 5.91 Å². The van der Waals surface area contributed by atoms with E-state index >= 15 is 0 Å². The van der Waals surface area contributed by atoms with E-state index in [1.165, 1.54) is 0 Å². The number of aryl methyl sites for hydroxylation is 1. The summed E-state index contributed by atoms with van der Waals surface area (Å²) in [7, 11) is 0. The Morgan fingerprint density at radius 3 is 2.68 bits per heavy atom. The van der Waals surface area contributed by atoms with Gasteiger partial charge in [0, 0.05) is 23.2 Å². The number of hydrogen-bond acceptors (Lipinski definition) is 3. The zero-order chi connectivity index (χ0) is 18.1. The summed E-state index contributed by atoms with van der Waals surface area (Å²) in [5, 5.41) is 17.2. The van der Waals surface area contributed by atoms with Crippen LogP contribution < -0.4 is 5.32 Å². The average Bonchev–Trinajstić information content (AvgIpc) is 3.30. The fourth-order valence-electron chi connectivity index (χ4n) is 2.79. The minimum atomic E-state index is -0.233. The highest BCUT2D eigenvalue weighted by Crippen LogP contribution is 2.29. The molecule has 0 aliphatic heterocycles. The fraction of sp³-hybridized carbons (Fsp3) is 0.350. The van der Waals surface area contributed by atoms with Crippen molar-refractivity contribution in [1.82, 2.24) is 15.1 Å². The van der Waals surface area contributed by atoms with E-state index in [1.54, 1.807) is 4.68 Å². The summed E-state index contributed by atoms with van der Waals surface area (Å²) in [5.41, 5.74) is 3.68. The molecular weight excluding hydrogens is 312 g/mol. The lowest BCUT2D eigenvalue weighted by molar-refractivity contribution is 0.0938. The molecule has 1 heterocycles. The second-order valence-electron chi connectivity index (χ2n) is 6.64. The summed E-state index contributed by atoms with van der Waals surface area (Å²) in [5.74, 6) is 2.40. The summed E-state index contributed by atoms with van der Waals surface area (Å²) >= 11 is 0. The molecule has 1 aliphatic rings. The van der Waals surface area contributed by atoms with Gasteiger partial charge in [-0.3, -0.25) is 9.48 Å². The predicted molar refractivity (Wildman–Crippen MR) is 95.9 cm³/mol. The molecule has 1 aliphatic carbocycles.